The second-order valence-corrected chi connectivity index (χ2v) is 5.08. The van der Waals surface area contributed by atoms with Gasteiger partial charge in [0, 0.05) is 11.3 Å². The summed E-state index contributed by atoms with van der Waals surface area (Å²) in [5, 5.41) is 22.0. The fourth-order valence-corrected chi connectivity index (χ4v) is 2.50. The van der Waals surface area contributed by atoms with Gasteiger partial charge in [-0.15, -0.1) is 0 Å². The van der Waals surface area contributed by atoms with Crippen LogP contribution in [0.1, 0.15) is 30.9 Å². The van der Waals surface area contributed by atoms with Crippen molar-refractivity contribution in [1.82, 2.24) is 0 Å². The number of hydrogen-bond donors (Lipinski definition) is 2. The highest BCUT2D eigenvalue weighted by Crippen LogP contribution is 2.21. The van der Waals surface area contributed by atoms with Crippen molar-refractivity contribution in [3.05, 3.63) is 29.3 Å². The highest BCUT2D eigenvalue weighted by atomic mass is 32.2. The van der Waals surface area contributed by atoms with E-state index in [2.05, 4.69) is 12.1 Å². The molecule has 0 saturated carbocycles. The standard InChI is InChI=1S/C13H19NO2S/c1-3-4-7-17-9-12(14-16)11-8-10(2)5-6-13(11)15/h5-6,8,15-16H,3-4,7,9H2,1-2H3/b14-12+. The van der Waals surface area contributed by atoms with Gasteiger partial charge < -0.3 is 10.3 Å². The minimum absolute atomic E-state index is 0.166. The van der Waals surface area contributed by atoms with E-state index >= 15 is 0 Å². The van der Waals surface area contributed by atoms with Crippen molar-refractivity contribution in [2.45, 2.75) is 26.7 Å². The Hall–Kier alpha value is -1.16. The molecule has 0 aromatic heterocycles. The van der Waals surface area contributed by atoms with Gasteiger partial charge in [0.1, 0.15) is 11.5 Å². The maximum Gasteiger partial charge on any atom is 0.124 e. The molecular formula is C13H19NO2S. The zero-order valence-electron chi connectivity index (χ0n) is 10.3. The van der Waals surface area contributed by atoms with Gasteiger partial charge >= 0.3 is 0 Å². The number of thioether (sulfide) groups is 1. The van der Waals surface area contributed by atoms with Crippen molar-refractivity contribution in [2.24, 2.45) is 5.16 Å². The fraction of sp³-hybridized carbons (Fsp3) is 0.462. The average Bonchev–Trinajstić information content (AvgIpc) is 2.33. The van der Waals surface area contributed by atoms with Crippen LogP contribution in [0.15, 0.2) is 23.4 Å². The molecule has 0 fully saturated rings. The van der Waals surface area contributed by atoms with E-state index in [1.54, 1.807) is 17.8 Å². The van der Waals surface area contributed by atoms with E-state index < -0.39 is 0 Å². The summed E-state index contributed by atoms with van der Waals surface area (Å²) in [6.07, 6.45) is 2.32. The summed E-state index contributed by atoms with van der Waals surface area (Å²) in [6.45, 7) is 4.09. The topological polar surface area (TPSA) is 52.8 Å². The second kappa shape index (κ2) is 7.22. The van der Waals surface area contributed by atoms with Gasteiger partial charge in [0.2, 0.25) is 0 Å². The third-order valence-corrected chi connectivity index (χ3v) is 3.52. The third kappa shape index (κ3) is 4.30. The van der Waals surface area contributed by atoms with Crippen LogP contribution in [0.3, 0.4) is 0 Å². The second-order valence-electron chi connectivity index (χ2n) is 3.97. The van der Waals surface area contributed by atoms with Crippen LogP contribution in [0.4, 0.5) is 0 Å². The number of phenols is 1. The SMILES string of the molecule is CCCCSC/C(=N\O)c1cc(C)ccc1O. The smallest absolute Gasteiger partial charge is 0.124 e. The lowest BCUT2D eigenvalue weighted by molar-refractivity contribution is 0.319. The van der Waals surface area contributed by atoms with Gasteiger partial charge in [-0.3, -0.25) is 0 Å². The van der Waals surface area contributed by atoms with E-state index in [9.17, 15) is 5.11 Å². The summed E-state index contributed by atoms with van der Waals surface area (Å²) >= 11 is 1.72. The molecule has 0 heterocycles. The lowest BCUT2D eigenvalue weighted by Crippen LogP contribution is -2.06. The van der Waals surface area contributed by atoms with Crippen molar-refractivity contribution < 1.29 is 10.3 Å². The van der Waals surface area contributed by atoms with Crippen LogP contribution in [0.2, 0.25) is 0 Å². The normalized spacial score (nSPS) is 11.8. The van der Waals surface area contributed by atoms with Crippen LogP contribution in [0.5, 0.6) is 5.75 Å². The molecule has 1 aromatic carbocycles. The number of oxime groups is 1. The Balaban J connectivity index is 2.70. The molecule has 0 aliphatic heterocycles. The Morgan fingerprint density at radius 2 is 2.18 bits per heavy atom. The zero-order chi connectivity index (χ0) is 12.7. The molecule has 4 heteroatoms. The average molecular weight is 253 g/mol. The molecule has 1 rings (SSSR count). The molecule has 0 atom stereocenters. The van der Waals surface area contributed by atoms with E-state index in [1.165, 1.54) is 0 Å². The van der Waals surface area contributed by atoms with Gasteiger partial charge in [-0.2, -0.15) is 11.8 Å². The molecule has 1 aromatic rings. The van der Waals surface area contributed by atoms with Crippen molar-refractivity contribution in [2.75, 3.05) is 11.5 Å². The first kappa shape index (κ1) is 13.9. The maximum atomic E-state index is 9.74. The van der Waals surface area contributed by atoms with Gasteiger partial charge in [0.05, 0.1) is 0 Å². The van der Waals surface area contributed by atoms with Crippen molar-refractivity contribution in [3.8, 4) is 5.75 Å². The highest BCUT2D eigenvalue weighted by Gasteiger charge is 2.10. The zero-order valence-corrected chi connectivity index (χ0v) is 11.1. The number of aromatic hydroxyl groups is 1. The Labute approximate surface area is 107 Å². The number of benzene rings is 1. The predicted molar refractivity (Wildman–Crippen MR) is 73.4 cm³/mol. The summed E-state index contributed by atoms with van der Waals surface area (Å²) in [7, 11) is 0. The monoisotopic (exact) mass is 253 g/mol. The number of unbranched alkanes of at least 4 members (excludes halogenated alkanes) is 1. The van der Waals surface area contributed by atoms with Crippen molar-refractivity contribution in [3.63, 3.8) is 0 Å². The Kier molecular flexibility index (Phi) is 5.91. The Morgan fingerprint density at radius 1 is 1.41 bits per heavy atom. The molecule has 94 valence electrons. The first-order valence-corrected chi connectivity index (χ1v) is 6.93. The van der Waals surface area contributed by atoms with Crippen LogP contribution in [-0.4, -0.2) is 27.5 Å². The van der Waals surface area contributed by atoms with E-state index in [0.29, 0.717) is 17.0 Å². The molecule has 0 bridgehead atoms. The molecule has 3 nitrogen and oxygen atoms in total. The molecule has 0 spiro atoms. The number of nitrogens with zero attached hydrogens (tertiary/aromatic N) is 1. The van der Waals surface area contributed by atoms with Gasteiger partial charge in [-0.25, -0.2) is 0 Å². The molecule has 0 aliphatic rings. The first-order chi connectivity index (χ1) is 8.19. The minimum atomic E-state index is 0.166. The number of hydrogen-bond acceptors (Lipinski definition) is 4. The number of rotatable bonds is 6. The lowest BCUT2D eigenvalue weighted by Gasteiger charge is -2.07. The minimum Gasteiger partial charge on any atom is -0.507 e. The summed E-state index contributed by atoms with van der Waals surface area (Å²) in [5.41, 5.74) is 2.20. The Bertz CT molecular complexity index is 391. The predicted octanol–water partition coefficient (Wildman–Crippen LogP) is 3.41. The Morgan fingerprint density at radius 3 is 2.82 bits per heavy atom. The van der Waals surface area contributed by atoms with Crippen molar-refractivity contribution >= 4 is 17.5 Å². The molecule has 17 heavy (non-hydrogen) atoms. The van der Waals surface area contributed by atoms with Crippen LogP contribution in [-0.2, 0) is 0 Å². The van der Waals surface area contributed by atoms with Gasteiger partial charge in [0.25, 0.3) is 0 Å². The van der Waals surface area contributed by atoms with Crippen LogP contribution < -0.4 is 0 Å². The summed E-state index contributed by atoms with van der Waals surface area (Å²) < 4.78 is 0. The molecular weight excluding hydrogens is 234 g/mol. The molecule has 0 radical (unpaired) electrons. The first-order valence-electron chi connectivity index (χ1n) is 5.77. The van der Waals surface area contributed by atoms with Crippen LogP contribution in [0.25, 0.3) is 0 Å². The number of aryl methyl sites for hydroxylation is 1. The maximum absolute atomic E-state index is 9.74. The lowest BCUT2D eigenvalue weighted by atomic mass is 10.1. The van der Waals surface area contributed by atoms with Gasteiger partial charge in [0.15, 0.2) is 0 Å². The quantitative estimate of drug-likeness (QED) is 0.353. The largest absolute Gasteiger partial charge is 0.507 e. The molecule has 2 N–H and O–H groups in total. The van der Waals surface area contributed by atoms with E-state index in [0.717, 1.165) is 24.2 Å². The molecule has 0 unspecified atom stereocenters. The fourth-order valence-electron chi connectivity index (χ4n) is 1.46. The molecule has 0 saturated heterocycles. The molecule has 0 aliphatic carbocycles. The number of phenolic OH excluding ortho intramolecular Hbond substituents is 1. The van der Waals surface area contributed by atoms with Gasteiger partial charge in [-0.1, -0.05) is 30.1 Å². The highest BCUT2D eigenvalue weighted by molar-refractivity contribution is 7.99. The van der Waals surface area contributed by atoms with Crippen LogP contribution >= 0.6 is 11.8 Å². The third-order valence-electron chi connectivity index (χ3n) is 2.46. The summed E-state index contributed by atoms with van der Waals surface area (Å²) in [6, 6.07) is 5.30. The van der Waals surface area contributed by atoms with E-state index in [-0.39, 0.29) is 5.75 Å². The van der Waals surface area contributed by atoms with E-state index in [4.69, 9.17) is 5.21 Å². The molecule has 0 amide bonds. The summed E-state index contributed by atoms with van der Waals surface area (Å²) in [5.74, 6) is 1.83. The summed E-state index contributed by atoms with van der Waals surface area (Å²) in [4.78, 5) is 0. The van der Waals surface area contributed by atoms with Crippen molar-refractivity contribution in [1.29, 1.82) is 0 Å². The van der Waals surface area contributed by atoms with Crippen LogP contribution in [0, 0.1) is 6.92 Å². The van der Waals surface area contributed by atoms with Gasteiger partial charge in [-0.05, 0) is 31.2 Å². The van der Waals surface area contributed by atoms with E-state index in [1.807, 2.05) is 19.1 Å².